The number of phenols is 1. The molecule has 0 aromatic heterocycles. The Morgan fingerprint density at radius 3 is 2.40 bits per heavy atom. The average Bonchev–Trinajstić information content (AvgIpc) is 2.16. The van der Waals surface area contributed by atoms with Crippen LogP contribution < -0.4 is 0 Å². The summed E-state index contributed by atoms with van der Waals surface area (Å²) in [4.78, 5) is 21.8. The molecule has 0 saturated carbocycles. The molecule has 1 aromatic rings. The summed E-state index contributed by atoms with van der Waals surface area (Å²) in [5.41, 5.74) is 0.810. The van der Waals surface area contributed by atoms with Crippen LogP contribution in [0.1, 0.15) is 18.9 Å². The standard InChI is InChI=1S/C12H12O3/c1-9(13)8-12(15)7-4-10-2-5-11(14)6-3-10/h2-7,14H,8H2,1H3/b7-4+. The van der Waals surface area contributed by atoms with E-state index in [1.54, 1.807) is 18.2 Å². The van der Waals surface area contributed by atoms with Gasteiger partial charge in [0.2, 0.25) is 0 Å². The van der Waals surface area contributed by atoms with Crippen molar-refractivity contribution in [3.8, 4) is 5.75 Å². The first kappa shape index (κ1) is 11.2. The number of benzene rings is 1. The van der Waals surface area contributed by atoms with Gasteiger partial charge < -0.3 is 5.11 Å². The summed E-state index contributed by atoms with van der Waals surface area (Å²) in [5, 5.41) is 9.02. The van der Waals surface area contributed by atoms with Gasteiger partial charge in [-0.05, 0) is 30.7 Å². The number of carbonyl (C=O) groups excluding carboxylic acids is 2. The summed E-state index contributed by atoms with van der Waals surface area (Å²) in [7, 11) is 0. The van der Waals surface area contributed by atoms with Crippen molar-refractivity contribution in [2.45, 2.75) is 13.3 Å². The van der Waals surface area contributed by atoms with Crippen molar-refractivity contribution in [3.05, 3.63) is 35.9 Å². The molecule has 1 rings (SSSR count). The maximum absolute atomic E-state index is 11.1. The Hall–Kier alpha value is -1.90. The minimum absolute atomic E-state index is 0.0609. The van der Waals surface area contributed by atoms with E-state index in [0.717, 1.165) is 5.56 Å². The minimum Gasteiger partial charge on any atom is -0.508 e. The monoisotopic (exact) mass is 204 g/mol. The lowest BCUT2D eigenvalue weighted by molar-refractivity contribution is -0.123. The first-order valence-electron chi connectivity index (χ1n) is 4.57. The van der Waals surface area contributed by atoms with Crippen molar-refractivity contribution in [1.82, 2.24) is 0 Å². The summed E-state index contributed by atoms with van der Waals surface area (Å²) in [6.07, 6.45) is 2.92. The van der Waals surface area contributed by atoms with Gasteiger partial charge in [0, 0.05) is 0 Å². The molecule has 15 heavy (non-hydrogen) atoms. The van der Waals surface area contributed by atoms with Crippen molar-refractivity contribution >= 4 is 17.6 Å². The topological polar surface area (TPSA) is 54.4 Å². The summed E-state index contributed by atoms with van der Waals surface area (Å²) < 4.78 is 0. The summed E-state index contributed by atoms with van der Waals surface area (Å²) >= 11 is 0. The molecule has 0 fully saturated rings. The highest BCUT2D eigenvalue weighted by Gasteiger charge is 2.00. The molecule has 0 atom stereocenters. The molecule has 3 heteroatoms. The van der Waals surface area contributed by atoms with E-state index in [0.29, 0.717) is 0 Å². The maximum Gasteiger partial charge on any atom is 0.163 e. The molecule has 0 aliphatic carbocycles. The zero-order chi connectivity index (χ0) is 11.3. The Morgan fingerprint density at radius 2 is 1.87 bits per heavy atom. The molecule has 0 aliphatic rings. The fourth-order valence-electron chi connectivity index (χ4n) is 1.08. The van der Waals surface area contributed by atoms with Crippen molar-refractivity contribution in [2.24, 2.45) is 0 Å². The zero-order valence-electron chi connectivity index (χ0n) is 8.43. The third-order valence-electron chi connectivity index (χ3n) is 1.78. The van der Waals surface area contributed by atoms with Gasteiger partial charge in [0.1, 0.15) is 11.5 Å². The Labute approximate surface area is 88.0 Å². The highest BCUT2D eigenvalue weighted by Crippen LogP contribution is 2.10. The first-order valence-corrected chi connectivity index (χ1v) is 4.57. The number of allylic oxidation sites excluding steroid dienone is 1. The van der Waals surface area contributed by atoms with Crippen molar-refractivity contribution in [1.29, 1.82) is 0 Å². The van der Waals surface area contributed by atoms with Crippen LogP contribution in [-0.4, -0.2) is 16.7 Å². The molecule has 0 aliphatic heterocycles. The second kappa shape index (κ2) is 5.10. The van der Waals surface area contributed by atoms with Gasteiger partial charge >= 0.3 is 0 Å². The third kappa shape index (κ3) is 4.22. The normalized spacial score (nSPS) is 10.5. The number of aromatic hydroxyl groups is 1. The van der Waals surface area contributed by atoms with Crippen LogP contribution in [0.3, 0.4) is 0 Å². The smallest absolute Gasteiger partial charge is 0.163 e. The van der Waals surface area contributed by atoms with Crippen molar-refractivity contribution in [3.63, 3.8) is 0 Å². The Morgan fingerprint density at radius 1 is 1.27 bits per heavy atom. The molecule has 0 bridgehead atoms. The van der Waals surface area contributed by atoms with Crippen LogP contribution in [0.5, 0.6) is 5.75 Å². The van der Waals surface area contributed by atoms with Crippen LogP contribution in [0, 0.1) is 0 Å². The molecule has 0 saturated heterocycles. The maximum atomic E-state index is 11.1. The van der Waals surface area contributed by atoms with Gasteiger partial charge in [-0.2, -0.15) is 0 Å². The Balaban J connectivity index is 2.61. The van der Waals surface area contributed by atoms with Crippen molar-refractivity contribution < 1.29 is 14.7 Å². The van der Waals surface area contributed by atoms with Crippen molar-refractivity contribution in [2.75, 3.05) is 0 Å². The highest BCUT2D eigenvalue weighted by molar-refractivity contribution is 6.05. The van der Waals surface area contributed by atoms with E-state index in [2.05, 4.69) is 0 Å². The van der Waals surface area contributed by atoms with Crippen LogP contribution in [0.2, 0.25) is 0 Å². The lowest BCUT2D eigenvalue weighted by Crippen LogP contribution is -1.99. The fraction of sp³-hybridized carbons (Fsp3) is 0.167. The molecule has 0 amide bonds. The Kier molecular flexibility index (Phi) is 3.80. The zero-order valence-corrected chi connectivity index (χ0v) is 8.43. The molecular formula is C12H12O3. The first-order chi connectivity index (χ1) is 7.08. The number of Topliss-reactive ketones (excluding diaryl/α,β-unsaturated/α-hetero) is 1. The third-order valence-corrected chi connectivity index (χ3v) is 1.78. The molecule has 0 unspecified atom stereocenters. The average molecular weight is 204 g/mol. The van der Waals surface area contributed by atoms with Gasteiger partial charge in [-0.3, -0.25) is 9.59 Å². The fourth-order valence-corrected chi connectivity index (χ4v) is 1.08. The van der Waals surface area contributed by atoms with Gasteiger partial charge in [0.15, 0.2) is 5.78 Å². The highest BCUT2D eigenvalue weighted by atomic mass is 16.3. The number of hydrogen-bond donors (Lipinski definition) is 1. The molecule has 0 spiro atoms. The second-order valence-electron chi connectivity index (χ2n) is 3.27. The summed E-state index contributed by atoms with van der Waals surface area (Å²) in [6, 6.07) is 6.45. The van der Waals surface area contributed by atoms with E-state index in [-0.39, 0.29) is 23.7 Å². The van der Waals surface area contributed by atoms with E-state index < -0.39 is 0 Å². The SMILES string of the molecule is CC(=O)CC(=O)/C=C/c1ccc(O)cc1. The van der Waals surface area contributed by atoms with E-state index in [9.17, 15) is 9.59 Å². The van der Waals surface area contributed by atoms with E-state index in [4.69, 9.17) is 5.11 Å². The molecule has 1 aromatic carbocycles. The predicted octanol–water partition coefficient (Wildman–Crippen LogP) is 1.95. The van der Waals surface area contributed by atoms with Crippen LogP contribution >= 0.6 is 0 Å². The minimum atomic E-state index is -0.212. The van der Waals surface area contributed by atoms with Crippen LogP contribution in [0.4, 0.5) is 0 Å². The number of hydrogen-bond acceptors (Lipinski definition) is 3. The van der Waals surface area contributed by atoms with E-state index in [1.807, 2.05) is 0 Å². The van der Waals surface area contributed by atoms with Gasteiger partial charge in [0.05, 0.1) is 6.42 Å². The van der Waals surface area contributed by atoms with Gasteiger partial charge in [-0.1, -0.05) is 18.2 Å². The molecule has 1 N–H and O–H groups in total. The largest absolute Gasteiger partial charge is 0.508 e. The summed E-state index contributed by atoms with van der Waals surface area (Å²) in [6.45, 7) is 1.38. The number of ketones is 2. The quantitative estimate of drug-likeness (QED) is 0.602. The molecule has 0 heterocycles. The molecule has 78 valence electrons. The lowest BCUT2D eigenvalue weighted by Gasteiger charge is -1.93. The summed E-state index contributed by atoms with van der Waals surface area (Å²) in [5.74, 6) is -0.173. The van der Waals surface area contributed by atoms with E-state index >= 15 is 0 Å². The number of rotatable bonds is 4. The number of phenolic OH excluding ortho intramolecular Hbond substituents is 1. The van der Waals surface area contributed by atoms with Crippen LogP contribution in [0.25, 0.3) is 6.08 Å². The second-order valence-corrected chi connectivity index (χ2v) is 3.27. The lowest BCUT2D eigenvalue weighted by atomic mass is 10.1. The van der Waals surface area contributed by atoms with Gasteiger partial charge in [-0.15, -0.1) is 0 Å². The van der Waals surface area contributed by atoms with Crippen LogP contribution in [0.15, 0.2) is 30.3 Å². The molecular weight excluding hydrogens is 192 g/mol. The predicted molar refractivity (Wildman–Crippen MR) is 57.4 cm³/mol. The van der Waals surface area contributed by atoms with Gasteiger partial charge in [0.25, 0.3) is 0 Å². The molecule has 0 radical (unpaired) electrons. The Bertz CT molecular complexity index is 388. The number of carbonyl (C=O) groups is 2. The van der Waals surface area contributed by atoms with E-state index in [1.165, 1.54) is 25.1 Å². The van der Waals surface area contributed by atoms with Gasteiger partial charge in [-0.25, -0.2) is 0 Å². The van der Waals surface area contributed by atoms with Crippen LogP contribution in [-0.2, 0) is 9.59 Å². The molecule has 3 nitrogen and oxygen atoms in total.